The molecule has 0 atom stereocenters. The maximum absolute atomic E-state index is 11.2. The molecule has 0 bridgehead atoms. The lowest BCUT2D eigenvalue weighted by Crippen LogP contribution is -2.01. The fourth-order valence-corrected chi connectivity index (χ4v) is 2.06. The summed E-state index contributed by atoms with van der Waals surface area (Å²) in [6, 6.07) is 7.19. The number of nitro groups is 1. The van der Waals surface area contributed by atoms with Gasteiger partial charge in [-0.3, -0.25) is 15.1 Å². The summed E-state index contributed by atoms with van der Waals surface area (Å²) in [4.78, 5) is 30.0. The molecule has 7 nitrogen and oxygen atoms in total. The quantitative estimate of drug-likeness (QED) is 0.435. The van der Waals surface area contributed by atoms with Crippen molar-refractivity contribution in [2.75, 3.05) is 0 Å². The Balaban J connectivity index is 2.52. The molecule has 0 fully saturated rings. The lowest BCUT2D eigenvalue weighted by Gasteiger charge is -2.04. The fraction of sp³-hybridized carbons (Fsp3) is 0. The number of carboxylic acid groups (broad SMARTS) is 1. The number of fused-ring (bicyclic) bond motifs is 2. The van der Waals surface area contributed by atoms with Gasteiger partial charge in [-0.1, -0.05) is 0 Å². The number of carbonyl (C=O) groups is 1. The maximum Gasteiger partial charge on any atom is 0.337 e. The van der Waals surface area contributed by atoms with E-state index in [9.17, 15) is 14.9 Å². The molecule has 0 aliphatic carbocycles. The molecule has 0 amide bonds. The van der Waals surface area contributed by atoms with E-state index in [4.69, 9.17) is 5.11 Å². The van der Waals surface area contributed by atoms with Crippen LogP contribution in [0.5, 0.6) is 0 Å². The van der Waals surface area contributed by atoms with Gasteiger partial charge in [-0.05, 0) is 24.3 Å². The predicted octanol–water partition coefficient (Wildman–Crippen LogP) is 2.39. The summed E-state index contributed by atoms with van der Waals surface area (Å²) in [7, 11) is 0. The monoisotopic (exact) mass is 269 g/mol. The van der Waals surface area contributed by atoms with Gasteiger partial charge in [0.1, 0.15) is 0 Å². The van der Waals surface area contributed by atoms with Crippen molar-refractivity contribution in [1.82, 2.24) is 9.97 Å². The third kappa shape index (κ3) is 1.72. The summed E-state index contributed by atoms with van der Waals surface area (Å²) in [5.41, 5.74) is 0.794. The van der Waals surface area contributed by atoms with Crippen molar-refractivity contribution in [3.05, 3.63) is 52.2 Å². The van der Waals surface area contributed by atoms with Crippen molar-refractivity contribution in [2.24, 2.45) is 0 Å². The highest BCUT2D eigenvalue weighted by molar-refractivity contribution is 6.07. The average molecular weight is 269 g/mol. The van der Waals surface area contributed by atoms with E-state index in [2.05, 4.69) is 9.97 Å². The Labute approximate surface area is 111 Å². The van der Waals surface area contributed by atoms with Gasteiger partial charge in [0, 0.05) is 12.3 Å². The van der Waals surface area contributed by atoms with Crippen LogP contribution in [0.4, 0.5) is 5.69 Å². The molecular formula is C13H7N3O4. The number of aromatic carboxylic acids is 1. The van der Waals surface area contributed by atoms with Crippen molar-refractivity contribution in [1.29, 1.82) is 0 Å². The molecule has 1 aromatic carbocycles. The highest BCUT2D eigenvalue weighted by atomic mass is 16.6. The standard InChI is InChI=1S/C13H7N3O4/c17-13(18)7-3-4-11(16(19)20)8-6-10-9(15-12(7)8)2-1-5-14-10/h1-6H,(H,17,18). The number of aromatic nitrogens is 2. The summed E-state index contributed by atoms with van der Waals surface area (Å²) >= 11 is 0. The third-order valence-electron chi connectivity index (χ3n) is 2.95. The minimum Gasteiger partial charge on any atom is -0.478 e. The van der Waals surface area contributed by atoms with Crippen molar-refractivity contribution in [2.45, 2.75) is 0 Å². The van der Waals surface area contributed by atoms with Crippen LogP contribution in [0.2, 0.25) is 0 Å². The molecule has 0 unspecified atom stereocenters. The first-order chi connectivity index (χ1) is 9.58. The molecular weight excluding hydrogens is 262 g/mol. The summed E-state index contributed by atoms with van der Waals surface area (Å²) in [5, 5.41) is 20.4. The van der Waals surface area contributed by atoms with Gasteiger partial charge in [-0.25, -0.2) is 9.78 Å². The van der Waals surface area contributed by atoms with E-state index < -0.39 is 10.9 Å². The second-order valence-corrected chi connectivity index (χ2v) is 4.12. The van der Waals surface area contributed by atoms with Crippen molar-refractivity contribution in [3.8, 4) is 0 Å². The Morgan fingerprint density at radius 3 is 2.75 bits per heavy atom. The Kier molecular flexibility index (Phi) is 2.53. The fourth-order valence-electron chi connectivity index (χ4n) is 2.06. The van der Waals surface area contributed by atoms with E-state index in [-0.39, 0.29) is 22.2 Å². The topological polar surface area (TPSA) is 106 Å². The highest BCUT2D eigenvalue weighted by Crippen LogP contribution is 2.29. The average Bonchev–Trinajstić information content (AvgIpc) is 2.43. The van der Waals surface area contributed by atoms with E-state index in [0.717, 1.165) is 0 Å². The van der Waals surface area contributed by atoms with E-state index in [1.807, 2.05) is 0 Å². The van der Waals surface area contributed by atoms with E-state index >= 15 is 0 Å². The second-order valence-electron chi connectivity index (χ2n) is 4.12. The number of nitro benzene ring substituents is 1. The van der Waals surface area contributed by atoms with Crippen LogP contribution in [0.25, 0.3) is 21.9 Å². The number of nitrogens with zero attached hydrogens (tertiary/aromatic N) is 3. The van der Waals surface area contributed by atoms with E-state index in [1.165, 1.54) is 18.2 Å². The molecule has 7 heteroatoms. The zero-order chi connectivity index (χ0) is 14.3. The first-order valence-electron chi connectivity index (χ1n) is 5.64. The SMILES string of the molecule is O=C(O)c1ccc([N+](=O)[O-])c2cc3ncccc3nc12. The normalized spacial score (nSPS) is 10.8. The molecule has 0 aliphatic rings. The Hall–Kier alpha value is -3.09. The van der Waals surface area contributed by atoms with Gasteiger partial charge in [0.15, 0.2) is 0 Å². The van der Waals surface area contributed by atoms with Crippen molar-refractivity contribution >= 4 is 33.6 Å². The third-order valence-corrected chi connectivity index (χ3v) is 2.95. The van der Waals surface area contributed by atoms with E-state index in [0.29, 0.717) is 11.0 Å². The van der Waals surface area contributed by atoms with Crippen LogP contribution in [0.1, 0.15) is 10.4 Å². The molecule has 0 spiro atoms. The van der Waals surface area contributed by atoms with Gasteiger partial charge < -0.3 is 5.11 Å². The van der Waals surface area contributed by atoms with Crippen LogP contribution in [0, 0.1) is 10.1 Å². The number of hydrogen-bond donors (Lipinski definition) is 1. The molecule has 3 aromatic rings. The van der Waals surface area contributed by atoms with E-state index in [1.54, 1.807) is 18.3 Å². The van der Waals surface area contributed by atoms with Gasteiger partial charge in [0.2, 0.25) is 0 Å². The number of rotatable bonds is 2. The minimum absolute atomic E-state index is 0.0728. The molecule has 0 aliphatic heterocycles. The summed E-state index contributed by atoms with van der Waals surface area (Å²) in [6.07, 6.45) is 1.54. The van der Waals surface area contributed by atoms with Crippen LogP contribution in [0.3, 0.4) is 0 Å². The van der Waals surface area contributed by atoms with Gasteiger partial charge >= 0.3 is 5.97 Å². The first kappa shape index (κ1) is 12.0. The van der Waals surface area contributed by atoms with Crippen LogP contribution in [-0.2, 0) is 0 Å². The lowest BCUT2D eigenvalue weighted by molar-refractivity contribution is -0.383. The molecule has 0 saturated carbocycles. The Morgan fingerprint density at radius 2 is 2.05 bits per heavy atom. The second kappa shape index (κ2) is 4.23. The van der Waals surface area contributed by atoms with Gasteiger partial charge in [-0.2, -0.15) is 0 Å². The first-order valence-corrected chi connectivity index (χ1v) is 5.64. The number of non-ortho nitro benzene ring substituents is 1. The number of benzene rings is 1. The van der Waals surface area contributed by atoms with Gasteiger partial charge in [0.25, 0.3) is 5.69 Å². The highest BCUT2D eigenvalue weighted by Gasteiger charge is 2.19. The van der Waals surface area contributed by atoms with Gasteiger partial charge in [0.05, 0.1) is 32.4 Å². The minimum atomic E-state index is -1.18. The van der Waals surface area contributed by atoms with Crippen molar-refractivity contribution in [3.63, 3.8) is 0 Å². The number of pyridine rings is 2. The molecule has 98 valence electrons. The van der Waals surface area contributed by atoms with Crippen LogP contribution in [-0.4, -0.2) is 26.0 Å². The molecule has 0 saturated heterocycles. The molecule has 1 N–H and O–H groups in total. The molecule has 0 radical (unpaired) electrons. The van der Waals surface area contributed by atoms with Crippen LogP contribution in [0.15, 0.2) is 36.5 Å². The van der Waals surface area contributed by atoms with Crippen molar-refractivity contribution < 1.29 is 14.8 Å². The summed E-state index contributed by atoms with van der Waals surface area (Å²) < 4.78 is 0. The zero-order valence-corrected chi connectivity index (χ0v) is 9.98. The summed E-state index contributed by atoms with van der Waals surface area (Å²) in [6.45, 7) is 0. The smallest absolute Gasteiger partial charge is 0.337 e. The summed E-state index contributed by atoms with van der Waals surface area (Å²) in [5.74, 6) is -1.18. The number of carboxylic acids is 1. The zero-order valence-electron chi connectivity index (χ0n) is 9.98. The lowest BCUT2D eigenvalue weighted by atomic mass is 10.1. The van der Waals surface area contributed by atoms with Crippen LogP contribution < -0.4 is 0 Å². The Bertz CT molecular complexity index is 804. The largest absolute Gasteiger partial charge is 0.478 e. The van der Waals surface area contributed by atoms with Crippen LogP contribution >= 0.6 is 0 Å². The maximum atomic E-state index is 11.2. The predicted molar refractivity (Wildman–Crippen MR) is 70.7 cm³/mol. The molecule has 2 heterocycles. The number of hydrogen-bond acceptors (Lipinski definition) is 5. The van der Waals surface area contributed by atoms with Gasteiger partial charge in [-0.15, -0.1) is 0 Å². The molecule has 20 heavy (non-hydrogen) atoms. The molecule has 2 aromatic heterocycles. The Morgan fingerprint density at radius 1 is 1.25 bits per heavy atom. The molecule has 3 rings (SSSR count).